The third kappa shape index (κ3) is 2.89. The molecular weight excluding hydrogens is 260 g/mol. The molecule has 2 aromatic heterocycles. The SMILES string of the molecule is CCC(C)Nc1ccn2cc(-c3cccc(C)c3)nc2n1. The molecular formula is C17H20N4. The van der Waals surface area contributed by atoms with Crippen molar-refractivity contribution < 1.29 is 0 Å². The lowest BCUT2D eigenvalue weighted by Gasteiger charge is -2.11. The van der Waals surface area contributed by atoms with Crippen molar-refractivity contribution in [2.45, 2.75) is 33.2 Å². The van der Waals surface area contributed by atoms with Crippen molar-refractivity contribution in [2.24, 2.45) is 0 Å². The number of benzene rings is 1. The number of hydrogen-bond donors (Lipinski definition) is 1. The summed E-state index contributed by atoms with van der Waals surface area (Å²) in [4.78, 5) is 9.20. The third-order valence-corrected chi connectivity index (χ3v) is 3.65. The summed E-state index contributed by atoms with van der Waals surface area (Å²) in [6.45, 7) is 6.39. The molecule has 0 aliphatic rings. The molecule has 0 spiro atoms. The third-order valence-electron chi connectivity index (χ3n) is 3.65. The van der Waals surface area contributed by atoms with Gasteiger partial charge in [-0.1, -0.05) is 30.7 Å². The van der Waals surface area contributed by atoms with Gasteiger partial charge in [-0.25, -0.2) is 4.98 Å². The topological polar surface area (TPSA) is 42.2 Å². The molecule has 1 atom stereocenters. The van der Waals surface area contributed by atoms with Crippen LogP contribution in [0.3, 0.4) is 0 Å². The molecule has 1 unspecified atom stereocenters. The van der Waals surface area contributed by atoms with Gasteiger partial charge >= 0.3 is 0 Å². The summed E-state index contributed by atoms with van der Waals surface area (Å²) >= 11 is 0. The van der Waals surface area contributed by atoms with Gasteiger partial charge in [-0.05, 0) is 32.4 Å². The second kappa shape index (κ2) is 5.56. The van der Waals surface area contributed by atoms with E-state index >= 15 is 0 Å². The van der Waals surface area contributed by atoms with Crippen molar-refractivity contribution in [3.63, 3.8) is 0 Å². The van der Waals surface area contributed by atoms with Gasteiger partial charge in [0.25, 0.3) is 0 Å². The van der Waals surface area contributed by atoms with Crippen LogP contribution in [-0.4, -0.2) is 20.4 Å². The molecule has 4 nitrogen and oxygen atoms in total. The molecule has 1 N–H and O–H groups in total. The van der Waals surface area contributed by atoms with Crippen LogP contribution in [0.4, 0.5) is 5.82 Å². The van der Waals surface area contributed by atoms with Gasteiger partial charge in [0, 0.05) is 24.0 Å². The van der Waals surface area contributed by atoms with E-state index < -0.39 is 0 Å². The summed E-state index contributed by atoms with van der Waals surface area (Å²) in [5, 5.41) is 3.38. The molecule has 0 aliphatic heterocycles. The number of aromatic nitrogens is 3. The Morgan fingerprint density at radius 3 is 2.86 bits per heavy atom. The van der Waals surface area contributed by atoms with Crippen LogP contribution in [0.1, 0.15) is 25.8 Å². The van der Waals surface area contributed by atoms with Crippen LogP contribution in [0, 0.1) is 6.92 Å². The average Bonchev–Trinajstić information content (AvgIpc) is 2.90. The van der Waals surface area contributed by atoms with Crippen LogP contribution in [-0.2, 0) is 0 Å². The predicted molar refractivity (Wildman–Crippen MR) is 86.5 cm³/mol. The minimum absolute atomic E-state index is 0.408. The van der Waals surface area contributed by atoms with E-state index in [1.54, 1.807) is 0 Å². The Hall–Kier alpha value is -2.36. The molecule has 1 aromatic carbocycles. The first-order valence-electron chi connectivity index (χ1n) is 7.35. The zero-order chi connectivity index (χ0) is 14.8. The average molecular weight is 280 g/mol. The molecule has 0 aliphatic carbocycles. The van der Waals surface area contributed by atoms with E-state index in [-0.39, 0.29) is 0 Å². The van der Waals surface area contributed by atoms with E-state index in [0.29, 0.717) is 6.04 Å². The number of fused-ring (bicyclic) bond motifs is 1. The second-order valence-electron chi connectivity index (χ2n) is 5.47. The Morgan fingerprint density at radius 2 is 2.10 bits per heavy atom. The number of nitrogens with one attached hydrogen (secondary N) is 1. The fourth-order valence-electron chi connectivity index (χ4n) is 2.25. The van der Waals surface area contributed by atoms with Crippen LogP contribution >= 0.6 is 0 Å². The maximum atomic E-state index is 4.63. The van der Waals surface area contributed by atoms with Gasteiger partial charge in [-0.2, -0.15) is 4.98 Å². The first kappa shape index (κ1) is 13.6. The van der Waals surface area contributed by atoms with Gasteiger partial charge in [0.2, 0.25) is 5.78 Å². The number of rotatable bonds is 4. The first-order chi connectivity index (χ1) is 10.2. The van der Waals surface area contributed by atoms with Gasteiger partial charge in [0.05, 0.1) is 5.69 Å². The lowest BCUT2D eigenvalue weighted by atomic mass is 10.1. The van der Waals surface area contributed by atoms with Crippen molar-refractivity contribution in [1.29, 1.82) is 0 Å². The molecule has 108 valence electrons. The number of aryl methyl sites for hydroxylation is 1. The Balaban J connectivity index is 1.96. The maximum Gasteiger partial charge on any atom is 0.236 e. The Labute approximate surface area is 124 Å². The smallest absolute Gasteiger partial charge is 0.236 e. The molecule has 3 aromatic rings. The minimum atomic E-state index is 0.408. The van der Waals surface area contributed by atoms with E-state index in [0.717, 1.165) is 29.3 Å². The van der Waals surface area contributed by atoms with Gasteiger partial charge in [0.15, 0.2) is 0 Å². The largest absolute Gasteiger partial charge is 0.367 e. The minimum Gasteiger partial charge on any atom is -0.367 e. The van der Waals surface area contributed by atoms with Crippen molar-refractivity contribution in [1.82, 2.24) is 14.4 Å². The maximum absolute atomic E-state index is 4.63. The molecule has 0 saturated heterocycles. The van der Waals surface area contributed by atoms with Gasteiger partial charge < -0.3 is 5.32 Å². The monoisotopic (exact) mass is 280 g/mol. The molecule has 2 heterocycles. The summed E-state index contributed by atoms with van der Waals surface area (Å²) in [6, 6.07) is 10.8. The molecule has 3 rings (SSSR count). The van der Waals surface area contributed by atoms with E-state index in [1.807, 2.05) is 22.9 Å². The molecule has 4 heteroatoms. The highest BCUT2D eigenvalue weighted by Crippen LogP contribution is 2.20. The van der Waals surface area contributed by atoms with Crippen LogP contribution in [0.2, 0.25) is 0 Å². The van der Waals surface area contributed by atoms with E-state index in [1.165, 1.54) is 5.56 Å². The van der Waals surface area contributed by atoms with E-state index in [4.69, 9.17) is 0 Å². The zero-order valence-corrected chi connectivity index (χ0v) is 12.7. The van der Waals surface area contributed by atoms with E-state index in [9.17, 15) is 0 Å². The van der Waals surface area contributed by atoms with E-state index in [2.05, 4.69) is 60.3 Å². The molecule has 0 fully saturated rings. The van der Waals surface area contributed by atoms with Crippen LogP contribution in [0.15, 0.2) is 42.7 Å². The molecule has 0 bridgehead atoms. The van der Waals surface area contributed by atoms with Crippen LogP contribution in [0.25, 0.3) is 17.0 Å². The Kier molecular flexibility index (Phi) is 3.60. The Morgan fingerprint density at radius 1 is 1.24 bits per heavy atom. The van der Waals surface area contributed by atoms with Crippen molar-refractivity contribution >= 4 is 11.6 Å². The normalized spacial score (nSPS) is 12.5. The Bertz CT molecular complexity index is 760. The summed E-state index contributed by atoms with van der Waals surface area (Å²) in [5.74, 6) is 1.60. The summed E-state index contributed by atoms with van der Waals surface area (Å²) < 4.78 is 1.96. The summed E-state index contributed by atoms with van der Waals surface area (Å²) in [6.07, 6.45) is 5.08. The van der Waals surface area contributed by atoms with Gasteiger partial charge in [-0.3, -0.25) is 4.40 Å². The molecule has 0 radical (unpaired) electrons. The predicted octanol–water partition coefficient (Wildman–Crippen LogP) is 3.92. The number of nitrogens with zero attached hydrogens (tertiary/aromatic N) is 3. The van der Waals surface area contributed by atoms with Crippen molar-refractivity contribution in [3.05, 3.63) is 48.3 Å². The quantitative estimate of drug-likeness (QED) is 0.787. The van der Waals surface area contributed by atoms with Crippen molar-refractivity contribution in [2.75, 3.05) is 5.32 Å². The zero-order valence-electron chi connectivity index (χ0n) is 12.7. The fourth-order valence-corrected chi connectivity index (χ4v) is 2.25. The molecule has 0 saturated carbocycles. The lowest BCUT2D eigenvalue weighted by Crippen LogP contribution is -2.14. The number of anilines is 1. The lowest BCUT2D eigenvalue weighted by molar-refractivity contribution is 0.759. The van der Waals surface area contributed by atoms with Crippen molar-refractivity contribution in [3.8, 4) is 11.3 Å². The number of hydrogen-bond acceptors (Lipinski definition) is 3. The fraction of sp³-hybridized carbons (Fsp3) is 0.294. The summed E-state index contributed by atoms with van der Waals surface area (Å²) in [7, 11) is 0. The van der Waals surface area contributed by atoms with Crippen LogP contribution in [0.5, 0.6) is 0 Å². The number of imidazole rings is 1. The standard InChI is InChI=1S/C17H20N4/c1-4-13(3)18-16-8-9-21-11-15(19-17(21)20-16)14-7-5-6-12(2)10-14/h5-11,13H,4H2,1-3H3,(H,18,19,20). The molecule has 0 amide bonds. The highest BCUT2D eigenvalue weighted by molar-refractivity contribution is 5.62. The highest BCUT2D eigenvalue weighted by atomic mass is 15.1. The second-order valence-corrected chi connectivity index (χ2v) is 5.47. The first-order valence-corrected chi connectivity index (χ1v) is 7.35. The summed E-state index contributed by atoms with van der Waals surface area (Å²) in [5.41, 5.74) is 3.31. The highest BCUT2D eigenvalue weighted by Gasteiger charge is 2.07. The molecule has 21 heavy (non-hydrogen) atoms. The van der Waals surface area contributed by atoms with Crippen LogP contribution < -0.4 is 5.32 Å². The van der Waals surface area contributed by atoms with Gasteiger partial charge in [0.1, 0.15) is 5.82 Å². The van der Waals surface area contributed by atoms with Gasteiger partial charge in [-0.15, -0.1) is 0 Å².